The van der Waals surface area contributed by atoms with E-state index in [1.165, 1.54) is 13.2 Å². The van der Waals surface area contributed by atoms with E-state index in [0.29, 0.717) is 24.2 Å². The Kier molecular flexibility index (Phi) is 2.81. The number of rotatable bonds is 3. The molecule has 1 N–H and O–H groups in total. The first-order chi connectivity index (χ1) is 8.01. The van der Waals surface area contributed by atoms with E-state index in [0.717, 1.165) is 6.42 Å². The fourth-order valence-corrected chi connectivity index (χ4v) is 2.33. The number of hydrogen-bond donors (Lipinski definition) is 1. The molecule has 0 heterocycles. The lowest BCUT2D eigenvalue weighted by Crippen LogP contribution is -2.43. The van der Waals surface area contributed by atoms with Crippen molar-refractivity contribution >= 4 is 5.97 Å². The van der Waals surface area contributed by atoms with Gasteiger partial charge in [0.2, 0.25) is 0 Å². The van der Waals surface area contributed by atoms with Gasteiger partial charge in [-0.2, -0.15) is 0 Å². The molecule has 1 aromatic rings. The first kappa shape index (κ1) is 11.9. The summed E-state index contributed by atoms with van der Waals surface area (Å²) in [6.07, 6.45) is 1.81. The smallest absolute Gasteiger partial charge is 0.314 e. The highest BCUT2D eigenvalue weighted by Crippen LogP contribution is 2.46. The van der Waals surface area contributed by atoms with Crippen molar-refractivity contribution in [1.82, 2.24) is 0 Å². The molecule has 1 aromatic carbocycles. The highest BCUT2D eigenvalue weighted by Gasteiger charge is 2.48. The van der Waals surface area contributed by atoms with Crippen LogP contribution < -0.4 is 4.74 Å². The second-order valence-electron chi connectivity index (χ2n) is 4.55. The molecular formula is C13H15FO3. The topological polar surface area (TPSA) is 46.5 Å². The van der Waals surface area contributed by atoms with Crippen LogP contribution in [0, 0.1) is 12.7 Å². The minimum atomic E-state index is -1.05. The van der Waals surface area contributed by atoms with E-state index >= 15 is 0 Å². The molecule has 0 atom stereocenters. The van der Waals surface area contributed by atoms with E-state index in [1.807, 2.05) is 0 Å². The molecule has 0 unspecified atom stereocenters. The molecule has 0 spiro atoms. The largest absolute Gasteiger partial charge is 0.497 e. The van der Waals surface area contributed by atoms with Crippen LogP contribution in [0.15, 0.2) is 12.1 Å². The summed E-state index contributed by atoms with van der Waals surface area (Å²) >= 11 is 0. The summed E-state index contributed by atoms with van der Waals surface area (Å²) in [4.78, 5) is 11.4. The molecule has 1 aliphatic carbocycles. The molecule has 1 fully saturated rings. The Balaban J connectivity index is 2.57. The van der Waals surface area contributed by atoms with Gasteiger partial charge in [-0.25, -0.2) is 4.39 Å². The minimum Gasteiger partial charge on any atom is -0.497 e. The summed E-state index contributed by atoms with van der Waals surface area (Å²) < 4.78 is 19.2. The monoisotopic (exact) mass is 238 g/mol. The zero-order chi connectivity index (χ0) is 12.6. The third-order valence-electron chi connectivity index (χ3n) is 3.60. The van der Waals surface area contributed by atoms with Crippen LogP contribution in [0.2, 0.25) is 0 Å². The van der Waals surface area contributed by atoms with Crippen LogP contribution in [0.25, 0.3) is 0 Å². The minimum absolute atomic E-state index is 0.258. The van der Waals surface area contributed by atoms with Gasteiger partial charge >= 0.3 is 5.97 Å². The standard InChI is InChI=1S/C13H15FO3/c1-8-6-9(17-2)7-10(11(8)14)13(12(15)16)4-3-5-13/h6-7H,3-5H2,1-2H3,(H,15,16). The Morgan fingerprint density at radius 3 is 2.53 bits per heavy atom. The number of carbonyl (C=O) groups is 1. The van der Waals surface area contributed by atoms with E-state index in [1.54, 1.807) is 13.0 Å². The van der Waals surface area contributed by atoms with Gasteiger partial charge in [0.15, 0.2) is 0 Å². The van der Waals surface area contributed by atoms with Gasteiger partial charge < -0.3 is 9.84 Å². The summed E-state index contributed by atoms with van der Waals surface area (Å²) in [5, 5.41) is 9.31. The average molecular weight is 238 g/mol. The van der Waals surface area contributed by atoms with E-state index < -0.39 is 17.2 Å². The molecule has 0 radical (unpaired) electrons. The number of methoxy groups -OCH3 is 1. The zero-order valence-corrected chi connectivity index (χ0v) is 9.92. The van der Waals surface area contributed by atoms with Gasteiger partial charge in [0, 0.05) is 5.56 Å². The van der Waals surface area contributed by atoms with Gasteiger partial charge in [0.25, 0.3) is 0 Å². The van der Waals surface area contributed by atoms with Gasteiger partial charge in [-0.1, -0.05) is 6.42 Å². The second kappa shape index (κ2) is 4.02. The number of benzene rings is 1. The molecule has 0 aliphatic heterocycles. The number of hydrogen-bond acceptors (Lipinski definition) is 2. The van der Waals surface area contributed by atoms with Crippen molar-refractivity contribution in [3.05, 3.63) is 29.1 Å². The molecule has 0 bridgehead atoms. The highest BCUT2D eigenvalue weighted by molar-refractivity contribution is 5.83. The van der Waals surface area contributed by atoms with Crippen molar-refractivity contribution in [2.24, 2.45) is 0 Å². The van der Waals surface area contributed by atoms with Crippen LogP contribution in [0.1, 0.15) is 30.4 Å². The van der Waals surface area contributed by atoms with Crippen molar-refractivity contribution in [3.63, 3.8) is 0 Å². The average Bonchev–Trinajstić information content (AvgIpc) is 2.21. The molecule has 2 rings (SSSR count). The van der Waals surface area contributed by atoms with Crippen molar-refractivity contribution in [1.29, 1.82) is 0 Å². The number of carboxylic acid groups (broad SMARTS) is 1. The van der Waals surface area contributed by atoms with Gasteiger partial charge in [0.05, 0.1) is 12.5 Å². The molecule has 0 saturated heterocycles. The Morgan fingerprint density at radius 1 is 1.47 bits per heavy atom. The fraction of sp³-hybridized carbons (Fsp3) is 0.462. The number of halogens is 1. The van der Waals surface area contributed by atoms with E-state index in [-0.39, 0.29) is 5.56 Å². The third-order valence-corrected chi connectivity index (χ3v) is 3.60. The predicted molar refractivity (Wildman–Crippen MR) is 60.9 cm³/mol. The molecular weight excluding hydrogens is 223 g/mol. The predicted octanol–water partition coefficient (Wildman–Crippen LogP) is 2.65. The van der Waals surface area contributed by atoms with Crippen molar-refractivity contribution in [2.45, 2.75) is 31.6 Å². The Labute approximate surface area is 99.2 Å². The van der Waals surface area contributed by atoms with Crippen LogP contribution in [-0.4, -0.2) is 18.2 Å². The number of carboxylic acids is 1. The first-order valence-corrected chi connectivity index (χ1v) is 5.59. The van der Waals surface area contributed by atoms with E-state index in [2.05, 4.69) is 0 Å². The zero-order valence-electron chi connectivity index (χ0n) is 9.92. The molecule has 4 heteroatoms. The lowest BCUT2D eigenvalue weighted by atomic mass is 9.64. The van der Waals surface area contributed by atoms with E-state index in [9.17, 15) is 14.3 Å². The number of aliphatic carboxylic acids is 1. The molecule has 17 heavy (non-hydrogen) atoms. The van der Waals surface area contributed by atoms with Crippen LogP contribution in [0.3, 0.4) is 0 Å². The SMILES string of the molecule is COc1cc(C)c(F)c(C2(C(=O)O)CCC2)c1. The Bertz CT molecular complexity index is 464. The summed E-state index contributed by atoms with van der Waals surface area (Å²) in [5.41, 5.74) is -0.372. The van der Waals surface area contributed by atoms with Gasteiger partial charge in [-0.15, -0.1) is 0 Å². The van der Waals surface area contributed by atoms with E-state index in [4.69, 9.17) is 4.74 Å². The summed E-state index contributed by atoms with van der Waals surface area (Å²) in [5.74, 6) is -0.866. The second-order valence-corrected chi connectivity index (χ2v) is 4.55. The maximum Gasteiger partial charge on any atom is 0.314 e. The van der Waals surface area contributed by atoms with Crippen LogP contribution in [-0.2, 0) is 10.2 Å². The highest BCUT2D eigenvalue weighted by atomic mass is 19.1. The normalized spacial score (nSPS) is 17.4. The molecule has 0 amide bonds. The summed E-state index contributed by atoms with van der Waals surface area (Å²) in [6, 6.07) is 3.09. The Morgan fingerprint density at radius 2 is 2.12 bits per heavy atom. The fourth-order valence-electron chi connectivity index (χ4n) is 2.33. The third kappa shape index (κ3) is 1.68. The number of ether oxygens (including phenoxy) is 1. The summed E-state index contributed by atoms with van der Waals surface area (Å²) in [6.45, 7) is 1.62. The van der Waals surface area contributed by atoms with Gasteiger partial charge in [0.1, 0.15) is 11.6 Å². The molecule has 1 saturated carbocycles. The quantitative estimate of drug-likeness (QED) is 0.880. The first-order valence-electron chi connectivity index (χ1n) is 5.59. The lowest BCUT2D eigenvalue weighted by molar-refractivity contribution is -0.147. The Hall–Kier alpha value is -1.58. The van der Waals surface area contributed by atoms with Crippen LogP contribution in [0.5, 0.6) is 5.75 Å². The van der Waals surface area contributed by atoms with Gasteiger partial charge in [-0.05, 0) is 37.5 Å². The van der Waals surface area contributed by atoms with Crippen LogP contribution >= 0.6 is 0 Å². The molecule has 3 nitrogen and oxygen atoms in total. The summed E-state index contributed by atoms with van der Waals surface area (Å²) in [7, 11) is 1.49. The van der Waals surface area contributed by atoms with Crippen molar-refractivity contribution < 1.29 is 19.0 Å². The maximum atomic E-state index is 14.1. The van der Waals surface area contributed by atoms with Crippen LogP contribution in [0.4, 0.5) is 4.39 Å². The molecule has 92 valence electrons. The van der Waals surface area contributed by atoms with Crippen molar-refractivity contribution in [2.75, 3.05) is 7.11 Å². The van der Waals surface area contributed by atoms with Crippen molar-refractivity contribution in [3.8, 4) is 5.75 Å². The number of aryl methyl sites for hydroxylation is 1. The van der Waals surface area contributed by atoms with Gasteiger partial charge in [-0.3, -0.25) is 4.79 Å². The maximum absolute atomic E-state index is 14.1. The molecule has 0 aromatic heterocycles. The lowest BCUT2D eigenvalue weighted by Gasteiger charge is -2.38. The molecule has 1 aliphatic rings.